The molecule has 0 spiro atoms. The zero-order valence-corrected chi connectivity index (χ0v) is 13.1. The van der Waals surface area contributed by atoms with Crippen molar-refractivity contribution in [3.63, 3.8) is 0 Å². The summed E-state index contributed by atoms with van der Waals surface area (Å²) in [6.07, 6.45) is 6.30. The Bertz CT molecular complexity index is 372. The molecule has 1 radical (unpaired) electrons. The van der Waals surface area contributed by atoms with Crippen molar-refractivity contribution in [2.45, 2.75) is 32.1 Å². The summed E-state index contributed by atoms with van der Waals surface area (Å²) < 4.78 is 0. The van der Waals surface area contributed by atoms with Crippen LogP contribution >= 0.6 is 0 Å². The molecule has 0 saturated heterocycles. The van der Waals surface area contributed by atoms with E-state index in [0.717, 1.165) is 16.7 Å². The molecule has 0 aromatic heterocycles. The van der Waals surface area contributed by atoms with Gasteiger partial charge in [-0.3, -0.25) is 0 Å². The molecule has 0 bridgehead atoms. The van der Waals surface area contributed by atoms with Crippen LogP contribution in [0, 0.1) is 19.1 Å². The molecule has 0 amide bonds. The largest absolute Gasteiger partial charge is 0.358 e. The third kappa shape index (κ3) is 3.90. The van der Waals surface area contributed by atoms with Gasteiger partial charge in [-0.25, -0.2) is 5.56 Å². The zero-order valence-electron chi connectivity index (χ0n) is 10.2. The van der Waals surface area contributed by atoms with E-state index in [1.54, 1.807) is 0 Å². The van der Waals surface area contributed by atoms with Crippen LogP contribution < -0.4 is 0 Å². The van der Waals surface area contributed by atoms with Gasteiger partial charge in [-0.15, -0.1) is 12.1 Å². The van der Waals surface area contributed by atoms with Gasteiger partial charge in [0.15, 0.2) is 0 Å². The predicted molar refractivity (Wildman–Crippen MR) is 68.5 cm³/mol. The maximum atomic E-state index is 6.18. The first-order valence-corrected chi connectivity index (χ1v) is 6.09. The van der Waals surface area contributed by atoms with Crippen molar-refractivity contribution in [3.05, 3.63) is 54.6 Å². The predicted octanol–water partition coefficient (Wildman–Crippen LogP) is 4.44. The minimum atomic E-state index is 0. The van der Waals surface area contributed by atoms with Gasteiger partial charge in [0.1, 0.15) is 0 Å². The first-order chi connectivity index (χ1) is 7.79. The Labute approximate surface area is 130 Å². The van der Waals surface area contributed by atoms with E-state index in [9.17, 15) is 0 Å². The molecule has 0 N–H and O–H groups in total. The van der Waals surface area contributed by atoms with Gasteiger partial charge in [0.05, 0.1) is 0 Å². The van der Waals surface area contributed by atoms with Crippen molar-refractivity contribution in [1.82, 2.24) is 0 Å². The topological polar surface area (TPSA) is 0 Å². The summed E-state index contributed by atoms with van der Waals surface area (Å²) in [4.78, 5) is 0. The van der Waals surface area contributed by atoms with Crippen molar-refractivity contribution in [3.8, 4) is 0 Å². The molecule has 0 nitrogen and oxygen atoms in total. The molecule has 1 aliphatic carbocycles. The van der Waals surface area contributed by atoms with Crippen LogP contribution in [0.3, 0.4) is 0 Å². The zero-order chi connectivity index (χ0) is 11.4. The minimum absolute atomic E-state index is 0. The fourth-order valence-electron chi connectivity index (χ4n) is 2.42. The molecule has 2 rings (SSSR count). The second kappa shape index (κ2) is 7.29. The summed E-state index contributed by atoms with van der Waals surface area (Å²) >= 11 is 0. The number of rotatable bonds is 3. The first kappa shape index (κ1) is 14.9. The third-order valence-electron chi connectivity index (χ3n) is 3.44. The Kier molecular flexibility index (Phi) is 6.37. The van der Waals surface area contributed by atoms with Crippen LogP contribution in [0.1, 0.15) is 37.7 Å². The van der Waals surface area contributed by atoms with Crippen LogP contribution in [-0.4, -0.2) is 0 Å². The molecule has 87 valence electrons. The summed E-state index contributed by atoms with van der Waals surface area (Å²) in [5, 5.41) is 0. The van der Waals surface area contributed by atoms with E-state index in [2.05, 4.69) is 0 Å². The smallest absolute Gasteiger partial charge is 0 e. The number of benzene rings is 1. The standard InChI is InChI=1S/C16H18.Y/c1-13(15-9-5-3-6-10-15)14(2)16-11-7-4-8-12-16;/h1-3,5-6,9-10,16H,4,7-8,11-12H2;/q-2;. The Balaban J connectivity index is 0.00000144. The summed E-state index contributed by atoms with van der Waals surface area (Å²) in [5.41, 5.74) is 2.71. The van der Waals surface area contributed by atoms with Crippen molar-refractivity contribution in [1.29, 1.82) is 0 Å². The Morgan fingerprint density at radius 3 is 2.12 bits per heavy atom. The van der Waals surface area contributed by atoms with Crippen LogP contribution in [-0.2, 0) is 32.7 Å². The quantitative estimate of drug-likeness (QED) is 0.572. The van der Waals surface area contributed by atoms with E-state index in [1.807, 2.05) is 30.3 Å². The molecule has 1 aliphatic rings. The Morgan fingerprint density at radius 1 is 0.941 bits per heavy atom. The van der Waals surface area contributed by atoms with E-state index in [0.29, 0.717) is 5.92 Å². The molecule has 1 aromatic rings. The van der Waals surface area contributed by atoms with Crippen LogP contribution in [0.25, 0.3) is 5.57 Å². The first-order valence-electron chi connectivity index (χ1n) is 6.09. The molecule has 1 fully saturated rings. The number of hydrogen-bond donors (Lipinski definition) is 0. The van der Waals surface area contributed by atoms with E-state index < -0.39 is 0 Å². The van der Waals surface area contributed by atoms with Gasteiger partial charge in [-0.05, 0) is 0 Å². The third-order valence-corrected chi connectivity index (χ3v) is 3.44. The molecule has 1 aromatic carbocycles. The normalized spacial score (nSPS) is 16.0. The van der Waals surface area contributed by atoms with E-state index in [1.165, 1.54) is 32.1 Å². The Morgan fingerprint density at radius 2 is 1.53 bits per heavy atom. The fourth-order valence-corrected chi connectivity index (χ4v) is 2.42. The van der Waals surface area contributed by atoms with Crippen molar-refractivity contribution >= 4 is 5.57 Å². The van der Waals surface area contributed by atoms with Gasteiger partial charge in [0.2, 0.25) is 0 Å². The van der Waals surface area contributed by atoms with Crippen LogP contribution in [0.4, 0.5) is 0 Å². The van der Waals surface area contributed by atoms with Gasteiger partial charge in [0, 0.05) is 32.7 Å². The van der Waals surface area contributed by atoms with Crippen molar-refractivity contribution in [2.24, 2.45) is 5.92 Å². The van der Waals surface area contributed by atoms with Crippen molar-refractivity contribution < 1.29 is 32.7 Å². The molecule has 17 heavy (non-hydrogen) atoms. The second-order valence-corrected chi connectivity index (χ2v) is 4.57. The summed E-state index contributed by atoms with van der Waals surface area (Å²) in [6, 6.07) is 10.0. The molecule has 0 heterocycles. The van der Waals surface area contributed by atoms with Gasteiger partial charge < -0.3 is 24.3 Å². The SMILES string of the molecule is [CH-]=C(C(=[CH-])C1CCCCC1)c1ccccc1.[Y]. The van der Waals surface area contributed by atoms with Crippen LogP contribution in [0.2, 0.25) is 0 Å². The van der Waals surface area contributed by atoms with Crippen LogP contribution in [0.15, 0.2) is 35.9 Å². The van der Waals surface area contributed by atoms with E-state index in [-0.39, 0.29) is 32.7 Å². The minimum Gasteiger partial charge on any atom is -0.358 e. The van der Waals surface area contributed by atoms with Gasteiger partial charge in [-0.2, -0.15) is 0 Å². The van der Waals surface area contributed by atoms with Gasteiger partial charge in [0.25, 0.3) is 0 Å². The number of allylic oxidation sites excluding steroid dienone is 2. The summed E-state index contributed by atoms with van der Waals surface area (Å²) in [7, 11) is 0. The molecular weight excluding hydrogens is 281 g/mol. The molecule has 1 saturated carbocycles. The average Bonchev–Trinajstić information content (AvgIpc) is 2.39. The molecular formula is C16H18Y-2. The molecule has 0 unspecified atom stereocenters. The molecule has 1 heteroatoms. The van der Waals surface area contributed by atoms with E-state index >= 15 is 0 Å². The number of hydrogen-bond acceptors (Lipinski definition) is 0. The summed E-state index contributed by atoms with van der Waals surface area (Å²) in [5.74, 6) is 0.494. The maximum Gasteiger partial charge on any atom is 0 e. The second-order valence-electron chi connectivity index (χ2n) is 4.57. The summed E-state index contributed by atoms with van der Waals surface area (Å²) in [6.45, 7) is 12.3. The maximum absolute atomic E-state index is 6.18. The fraction of sp³-hybridized carbons (Fsp3) is 0.375. The Hall–Kier alpha value is -0.196. The monoisotopic (exact) mass is 299 g/mol. The van der Waals surface area contributed by atoms with Crippen LogP contribution in [0.5, 0.6) is 0 Å². The van der Waals surface area contributed by atoms with Gasteiger partial charge in [-0.1, -0.05) is 56.2 Å². The van der Waals surface area contributed by atoms with E-state index in [4.69, 9.17) is 13.2 Å². The van der Waals surface area contributed by atoms with Crippen molar-refractivity contribution in [2.75, 3.05) is 0 Å². The molecule has 0 aliphatic heterocycles. The molecule has 0 atom stereocenters. The van der Waals surface area contributed by atoms with Gasteiger partial charge >= 0.3 is 0 Å². The average molecular weight is 299 g/mol.